The number of nitrogens with zero attached hydrogens (tertiary/aromatic N) is 2. The number of hydrogen-bond donors (Lipinski definition) is 1. The molecule has 2 fully saturated rings. The fourth-order valence-corrected chi connectivity index (χ4v) is 3.78. The minimum absolute atomic E-state index is 0.0242. The van der Waals surface area contributed by atoms with Crippen LogP contribution in [0.15, 0.2) is 4.52 Å². The van der Waals surface area contributed by atoms with Gasteiger partial charge in [0.05, 0.1) is 17.9 Å². The second-order valence-corrected chi connectivity index (χ2v) is 6.20. The molecule has 2 heterocycles. The van der Waals surface area contributed by atoms with Gasteiger partial charge in [-0.2, -0.15) is 0 Å². The Morgan fingerprint density at radius 2 is 2.10 bits per heavy atom. The lowest BCUT2D eigenvalue weighted by atomic mass is 9.58. The minimum atomic E-state index is -0.307. The van der Waals surface area contributed by atoms with E-state index in [0.717, 1.165) is 12.8 Å². The first-order valence-electron chi connectivity index (χ1n) is 7.42. The van der Waals surface area contributed by atoms with Crippen LogP contribution in [0.2, 0.25) is 0 Å². The molecule has 1 N–H and O–H groups in total. The predicted molar refractivity (Wildman–Crippen MR) is 75.0 cm³/mol. The molecule has 1 aromatic heterocycles. The van der Waals surface area contributed by atoms with E-state index >= 15 is 0 Å². The second kappa shape index (κ2) is 5.10. The van der Waals surface area contributed by atoms with Crippen LogP contribution in [0.25, 0.3) is 0 Å². The first kappa shape index (κ1) is 14.5. The van der Waals surface area contributed by atoms with Crippen molar-refractivity contribution in [1.29, 1.82) is 0 Å². The molecule has 0 aromatic carbocycles. The van der Waals surface area contributed by atoms with E-state index in [2.05, 4.69) is 5.16 Å². The normalized spacial score (nSPS) is 27.7. The number of aromatic nitrogens is 1. The van der Waals surface area contributed by atoms with Crippen LogP contribution in [-0.4, -0.2) is 53.5 Å². The maximum Gasteiger partial charge on any atom is 0.259 e. The van der Waals surface area contributed by atoms with Crippen LogP contribution in [0.1, 0.15) is 41.1 Å². The van der Waals surface area contributed by atoms with E-state index in [1.54, 1.807) is 21.0 Å². The van der Waals surface area contributed by atoms with Crippen molar-refractivity contribution in [3.05, 3.63) is 17.0 Å². The van der Waals surface area contributed by atoms with Gasteiger partial charge in [-0.05, 0) is 26.7 Å². The summed E-state index contributed by atoms with van der Waals surface area (Å²) in [7, 11) is 1.69. The number of carbonyl (C=O) groups is 1. The monoisotopic (exact) mass is 294 g/mol. The summed E-state index contributed by atoms with van der Waals surface area (Å²) in [6.07, 6.45) is 2.07. The number of hydrogen-bond acceptors (Lipinski definition) is 5. The van der Waals surface area contributed by atoms with Crippen LogP contribution < -0.4 is 0 Å². The minimum Gasteiger partial charge on any atom is -0.392 e. The van der Waals surface area contributed by atoms with Gasteiger partial charge in [-0.3, -0.25) is 4.79 Å². The first-order valence-corrected chi connectivity index (χ1v) is 7.42. The summed E-state index contributed by atoms with van der Waals surface area (Å²) in [6.45, 7) is 4.82. The highest BCUT2D eigenvalue weighted by Gasteiger charge is 2.56. The second-order valence-electron chi connectivity index (χ2n) is 6.20. The molecule has 2 aliphatic rings. The number of likely N-dealkylation sites (tertiary alicyclic amines) is 1. The topological polar surface area (TPSA) is 75.8 Å². The third-order valence-electron chi connectivity index (χ3n) is 5.26. The molecule has 1 aliphatic carbocycles. The van der Waals surface area contributed by atoms with E-state index in [4.69, 9.17) is 9.26 Å². The molecular formula is C15H22N2O4. The number of piperidine rings is 1. The van der Waals surface area contributed by atoms with E-state index in [1.807, 2.05) is 4.90 Å². The number of carbonyl (C=O) groups excluding carboxylic acids is 1. The van der Waals surface area contributed by atoms with Crippen molar-refractivity contribution < 1.29 is 19.2 Å². The van der Waals surface area contributed by atoms with Gasteiger partial charge >= 0.3 is 0 Å². The van der Waals surface area contributed by atoms with Gasteiger partial charge in [-0.25, -0.2) is 0 Å². The Bertz CT molecular complexity index is 526. The Kier molecular flexibility index (Phi) is 3.53. The molecule has 1 amide bonds. The lowest BCUT2D eigenvalue weighted by molar-refractivity contribution is -0.199. The van der Waals surface area contributed by atoms with Crippen LogP contribution in [0.4, 0.5) is 0 Å². The average Bonchev–Trinajstić information content (AvgIpc) is 2.83. The van der Waals surface area contributed by atoms with E-state index < -0.39 is 0 Å². The zero-order valence-corrected chi connectivity index (χ0v) is 12.8. The van der Waals surface area contributed by atoms with Crippen molar-refractivity contribution in [1.82, 2.24) is 10.1 Å². The number of aryl methyl sites for hydroxylation is 2. The number of rotatable bonds is 2. The molecule has 0 unspecified atom stereocenters. The molecule has 2 atom stereocenters. The van der Waals surface area contributed by atoms with Gasteiger partial charge in [0.25, 0.3) is 5.91 Å². The van der Waals surface area contributed by atoms with Crippen LogP contribution in [0.3, 0.4) is 0 Å². The Morgan fingerprint density at radius 3 is 2.57 bits per heavy atom. The summed E-state index contributed by atoms with van der Waals surface area (Å²) >= 11 is 0. The van der Waals surface area contributed by atoms with E-state index in [-0.39, 0.29) is 23.5 Å². The molecule has 1 saturated carbocycles. The summed E-state index contributed by atoms with van der Waals surface area (Å²) in [4.78, 5) is 14.4. The molecule has 6 nitrogen and oxygen atoms in total. The average molecular weight is 294 g/mol. The maximum absolute atomic E-state index is 12.6. The molecular weight excluding hydrogens is 272 g/mol. The number of aliphatic hydroxyl groups is 1. The molecule has 116 valence electrons. The van der Waals surface area contributed by atoms with Gasteiger partial charge < -0.3 is 19.3 Å². The third-order valence-corrected chi connectivity index (χ3v) is 5.26. The summed E-state index contributed by atoms with van der Waals surface area (Å²) in [5.41, 5.74) is 1.05. The first-order chi connectivity index (χ1) is 9.99. The predicted octanol–water partition coefficient (Wildman–Crippen LogP) is 1.29. The van der Waals surface area contributed by atoms with Crippen LogP contribution in [0.5, 0.6) is 0 Å². The molecule has 3 rings (SSSR count). The van der Waals surface area contributed by atoms with E-state index in [0.29, 0.717) is 36.5 Å². The van der Waals surface area contributed by atoms with Crippen molar-refractivity contribution >= 4 is 5.91 Å². The van der Waals surface area contributed by atoms with Gasteiger partial charge in [0.15, 0.2) is 0 Å². The zero-order chi connectivity index (χ0) is 15.2. The Balaban J connectivity index is 1.70. The van der Waals surface area contributed by atoms with Crippen molar-refractivity contribution in [3.63, 3.8) is 0 Å². The van der Waals surface area contributed by atoms with Crippen LogP contribution in [0, 0.1) is 19.3 Å². The quantitative estimate of drug-likeness (QED) is 0.889. The number of amides is 1. The summed E-state index contributed by atoms with van der Waals surface area (Å²) in [5.74, 6) is 0.542. The molecule has 1 aliphatic heterocycles. The van der Waals surface area contributed by atoms with Crippen molar-refractivity contribution in [2.75, 3.05) is 20.2 Å². The Morgan fingerprint density at radius 1 is 1.43 bits per heavy atom. The standard InChI is InChI=1S/C15H22N2O4/c1-9-13(10(2)21-16-9)14(19)17-6-4-15(5-7-17)11(18)8-12(15)20-3/h11-12,18H,4-8H2,1-3H3/t11-,12+/m0/s1. The molecule has 0 bridgehead atoms. The summed E-state index contributed by atoms with van der Waals surface area (Å²) in [6, 6.07) is 0. The highest BCUT2D eigenvalue weighted by Crippen LogP contribution is 2.50. The largest absolute Gasteiger partial charge is 0.392 e. The number of methoxy groups -OCH3 is 1. The fourth-order valence-electron chi connectivity index (χ4n) is 3.78. The summed E-state index contributed by atoms with van der Waals surface area (Å²) < 4.78 is 10.5. The number of aliphatic hydroxyl groups excluding tert-OH is 1. The van der Waals surface area contributed by atoms with Crippen LogP contribution >= 0.6 is 0 Å². The number of ether oxygens (including phenoxy) is 1. The third kappa shape index (κ3) is 2.08. The molecule has 1 aromatic rings. The SMILES string of the molecule is CO[C@@H]1C[C@H](O)C12CCN(C(=O)c1c(C)noc1C)CC2. The highest BCUT2D eigenvalue weighted by atomic mass is 16.5. The van der Waals surface area contributed by atoms with Crippen molar-refractivity contribution in [2.45, 2.75) is 45.3 Å². The summed E-state index contributed by atoms with van der Waals surface area (Å²) in [5, 5.41) is 14.0. The molecule has 21 heavy (non-hydrogen) atoms. The highest BCUT2D eigenvalue weighted by molar-refractivity contribution is 5.96. The Hall–Kier alpha value is -1.40. The smallest absolute Gasteiger partial charge is 0.259 e. The van der Waals surface area contributed by atoms with Gasteiger partial charge in [0.2, 0.25) is 0 Å². The zero-order valence-electron chi connectivity index (χ0n) is 12.8. The fraction of sp³-hybridized carbons (Fsp3) is 0.733. The van der Waals surface area contributed by atoms with Crippen LogP contribution in [-0.2, 0) is 4.74 Å². The lowest BCUT2D eigenvalue weighted by Crippen LogP contribution is -2.62. The maximum atomic E-state index is 12.6. The molecule has 6 heteroatoms. The Labute approximate surface area is 124 Å². The van der Waals surface area contributed by atoms with Gasteiger partial charge in [0, 0.05) is 32.0 Å². The van der Waals surface area contributed by atoms with Gasteiger partial charge in [-0.15, -0.1) is 0 Å². The molecule has 1 saturated heterocycles. The molecule has 1 spiro atoms. The van der Waals surface area contributed by atoms with E-state index in [9.17, 15) is 9.90 Å². The van der Waals surface area contributed by atoms with E-state index in [1.165, 1.54) is 0 Å². The van der Waals surface area contributed by atoms with Crippen molar-refractivity contribution in [3.8, 4) is 0 Å². The van der Waals surface area contributed by atoms with Gasteiger partial charge in [0.1, 0.15) is 11.3 Å². The van der Waals surface area contributed by atoms with Crippen molar-refractivity contribution in [2.24, 2.45) is 5.41 Å². The lowest BCUT2D eigenvalue weighted by Gasteiger charge is -2.56. The van der Waals surface area contributed by atoms with Gasteiger partial charge in [-0.1, -0.05) is 5.16 Å². The molecule has 0 radical (unpaired) electrons.